The zero-order valence-corrected chi connectivity index (χ0v) is 8.31. The lowest BCUT2D eigenvalue weighted by Crippen LogP contribution is -2.19. The van der Waals surface area contributed by atoms with Crippen LogP contribution in [0.5, 0.6) is 0 Å². The van der Waals surface area contributed by atoms with Crippen molar-refractivity contribution in [2.75, 3.05) is 0 Å². The van der Waals surface area contributed by atoms with Crippen LogP contribution in [0.25, 0.3) is 0 Å². The van der Waals surface area contributed by atoms with E-state index in [1.807, 2.05) is 0 Å². The summed E-state index contributed by atoms with van der Waals surface area (Å²) in [4.78, 5) is 11.4. The average Bonchev–Trinajstić information content (AvgIpc) is 2.03. The lowest BCUT2D eigenvalue weighted by molar-refractivity contribution is -0.124. The smallest absolute Gasteiger partial charge is 0.135 e. The number of hydrogen-bond acceptors (Lipinski definition) is 1. The molecule has 0 unspecified atom stereocenters. The molecule has 70 valence electrons. The van der Waals surface area contributed by atoms with Crippen molar-refractivity contribution in [1.82, 2.24) is 0 Å². The molecule has 1 atom stereocenters. The van der Waals surface area contributed by atoms with E-state index in [9.17, 15) is 4.79 Å². The maximum Gasteiger partial charge on any atom is 0.135 e. The van der Waals surface area contributed by atoms with E-state index in [1.165, 1.54) is 12.8 Å². The van der Waals surface area contributed by atoms with Gasteiger partial charge in [0, 0.05) is 12.3 Å². The molecule has 0 N–H and O–H groups in total. The highest BCUT2D eigenvalue weighted by Gasteiger charge is 2.21. The fourth-order valence-electron chi connectivity index (χ4n) is 1.89. The van der Waals surface area contributed by atoms with Crippen LogP contribution in [0, 0.1) is 11.8 Å². The van der Waals surface area contributed by atoms with Gasteiger partial charge in [-0.05, 0) is 25.2 Å². The van der Waals surface area contributed by atoms with Crippen molar-refractivity contribution in [3.8, 4) is 0 Å². The summed E-state index contributed by atoms with van der Waals surface area (Å²) in [6.45, 7) is 4.46. The van der Waals surface area contributed by atoms with Crippen LogP contribution in [0.3, 0.4) is 0 Å². The van der Waals surface area contributed by atoms with Crippen LogP contribution in [-0.4, -0.2) is 5.78 Å². The molecule has 0 aromatic heterocycles. The Hall–Kier alpha value is -0.330. The molecule has 0 saturated heterocycles. The lowest BCUT2D eigenvalue weighted by Gasteiger charge is -2.20. The summed E-state index contributed by atoms with van der Waals surface area (Å²) in [6, 6.07) is 0. The SMILES string of the molecule is CC(C)CC[C@@H]1CCCCC1=O. The molecule has 1 saturated carbocycles. The van der Waals surface area contributed by atoms with Gasteiger partial charge in [0.25, 0.3) is 0 Å². The quantitative estimate of drug-likeness (QED) is 0.632. The largest absolute Gasteiger partial charge is 0.299 e. The molecule has 0 heterocycles. The summed E-state index contributed by atoms with van der Waals surface area (Å²) < 4.78 is 0. The highest BCUT2D eigenvalue weighted by molar-refractivity contribution is 5.81. The molecule has 1 rings (SSSR count). The zero-order valence-electron chi connectivity index (χ0n) is 8.31. The standard InChI is InChI=1S/C11H20O/c1-9(2)7-8-10-5-3-4-6-11(10)12/h9-10H,3-8H2,1-2H3/t10-/m0/s1. The number of rotatable bonds is 3. The third-order valence-electron chi connectivity index (χ3n) is 2.77. The second-order valence-corrected chi connectivity index (χ2v) is 4.38. The third kappa shape index (κ3) is 2.96. The van der Waals surface area contributed by atoms with Gasteiger partial charge in [0.2, 0.25) is 0 Å². The molecule has 0 aromatic rings. The number of carbonyl (C=O) groups excluding carboxylic acids is 1. The van der Waals surface area contributed by atoms with Crippen LogP contribution in [0.1, 0.15) is 52.4 Å². The Labute approximate surface area is 75.5 Å². The predicted molar refractivity (Wildman–Crippen MR) is 51.0 cm³/mol. The van der Waals surface area contributed by atoms with Crippen molar-refractivity contribution in [3.63, 3.8) is 0 Å². The van der Waals surface area contributed by atoms with E-state index in [1.54, 1.807) is 0 Å². The van der Waals surface area contributed by atoms with Crippen molar-refractivity contribution in [1.29, 1.82) is 0 Å². The summed E-state index contributed by atoms with van der Waals surface area (Å²) >= 11 is 0. The molecule has 0 aliphatic heterocycles. The van der Waals surface area contributed by atoms with Gasteiger partial charge < -0.3 is 0 Å². The van der Waals surface area contributed by atoms with Gasteiger partial charge in [0.1, 0.15) is 5.78 Å². The molecule has 0 spiro atoms. The minimum Gasteiger partial charge on any atom is -0.299 e. The van der Waals surface area contributed by atoms with Crippen molar-refractivity contribution in [3.05, 3.63) is 0 Å². The Balaban J connectivity index is 2.25. The third-order valence-corrected chi connectivity index (χ3v) is 2.77. The first kappa shape index (κ1) is 9.76. The highest BCUT2D eigenvalue weighted by atomic mass is 16.1. The fraction of sp³-hybridized carbons (Fsp3) is 0.909. The van der Waals surface area contributed by atoms with Gasteiger partial charge in [-0.3, -0.25) is 4.79 Å². The molecule has 0 aromatic carbocycles. The molecule has 1 nitrogen and oxygen atoms in total. The maximum atomic E-state index is 11.4. The van der Waals surface area contributed by atoms with Crippen LogP contribution in [0.2, 0.25) is 0 Å². The van der Waals surface area contributed by atoms with Crippen LogP contribution in [0.4, 0.5) is 0 Å². The molecule has 1 aliphatic rings. The van der Waals surface area contributed by atoms with Crippen LogP contribution in [-0.2, 0) is 4.79 Å². The Morgan fingerprint density at radius 3 is 2.75 bits per heavy atom. The first-order valence-corrected chi connectivity index (χ1v) is 5.23. The van der Waals surface area contributed by atoms with Crippen molar-refractivity contribution in [2.24, 2.45) is 11.8 Å². The highest BCUT2D eigenvalue weighted by Crippen LogP contribution is 2.25. The fourth-order valence-corrected chi connectivity index (χ4v) is 1.89. The van der Waals surface area contributed by atoms with Crippen molar-refractivity contribution < 1.29 is 4.79 Å². The first-order chi connectivity index (χ1) is 5.70. The second-order valence-electron chi connectivity index (χ2n) is 4.38. The minimum absolute atomic E-state index is 0.418. The van der Waals surface area contributed by atoms with Crippen LogP contribution < -0.4 is 0 Å². The average molecular weight is 168 g/mol. The van der Waals surface area contributed by atoms with E-state index in [4.69, 9.17) is 0 Å². The Kier molecular flexibility index (Phi) is 3.77. The molecular formula is C11H20O. The summed E-state index contributed by atoms with van der Waals surface area (Å²) in [6.07, 6.45) is 6.77. The number of Topliss-reactive ketones (excluding diaryl/α,β-unsaturated/α-hetero) is 1. The Morgan fingerprint density at radius 1 is 1.42 bits per heavy atom. The molecule has 12 heavy (non-hydrogen) atoms. The van der Waals surface area contributed by atoms with Gasteiger partial charge in [-0.25, -0.2) is 0 Å². The van der Waals surface area contributed by atoms with Gasteiger partial charge in [0.05, 0.1) is 0 Å². The lowest BCUT2D eigenvalue weighted by atomic mass is 9.83. The van der Waals surface area contributed by atoms with Crippen LogP contribution >= 0.6 is 0 Å². The van der Waals surface area contributed by atoms with E-state index in [0.29, 0.717) is 11.7 Å². The van der Waals surface area contributed by atoms with E-state index in [-0.39, 0.29) is 0 Å². The minimum atomic E-state index is 0.418. The summed E-state index contributed by atoms with van der Waals surface area (Å²) in [5.41, 5.74) is 0. The van der Waals surface area contributed by atoms with Crippen molar-refractivity contribution in [2.45, 2.75) is 52.4 Å². The molecule has 1 fully saturated rings. The summed E-state index contributed by atoms with van der Waals surface area (Å²) in [7, 11) is 0. The molecule has 1 heteroatoms. The summed E-state index contributed by atoms with van der Waals surface area (Å²) in [5.74, 6) is 1.70. The molecule has 0 bridgehead atoms. The normalized spacial score (nSPS) is 24.9. The zero-order chi connectivity index (χ0) is 8.97. The maximum absolute atomic E-state index is 11.4. The predicted octanol–water partition coefficient (Wildman–Crippen LogP) is 3.18. The van der Waals surface area contributed by atoms with E-state index < -0.39 is 0 Å². The van der Waals surface area contributed by atoms with Gasteiger partial charge >= 0.3 is 0 Å². The molecule has 1 aliphatic carbocycles. The monoisotopic (exact) mass is 168 g/mol. The Morgan fingerprint density at radius 2 is 2.17 bits per heavy atom. The van der Waals surface area contributed by atoms with Gasteiger partial charge in [-0.1, -0.05) is 26.7 Å². The van der Waals surface area contributed by atoms with Gasteiger partial charge in [0.15, 0.2) is 0 Å². The number of carbonyl (C=O) groups is 1. The number of ketones is 1. The van der Waals surface area contributed by atoms with E-state index in [0.717, 1.165) is 31.6 Å². The molecular weight excluding hydrogens is 148 g/mol. The summed E-state index contributed by atoms with van der Waals surface area (Å²) in [5, 5.41) is 0. The van der Waals surface area contributed by atoms with Gasteiger partial charge in [-0.15, -0.1) is 0 Å². The topological polar surface area (TPSA) is 17.1 Å². The van der Waals surface area contributed by atoms with E-state index in [2.05, 4.69) is 13.8 Å². The second kappa shape index (κ2) is 4.64. The van der Waals surface area contributed by atoms with E-state index >= 15 is 0 Å². The number of hydrogen-bond donors (Lipinski definition) is 0. The van der Waals surface area contributed by atoms with Crippen LogP contribution in [0.15, 0.2) is 0 Å². The first-order valence-electron chi connectivity index (χ1n) is 5.23. The Bertz CT molecular complexity index is 149. The van der Waals surface area contributed by atoms with Gasteiger partial charge in [-0.2, -0.15) is 0 Å². The molecule has 0 radical (unpaired) electrons. The molecule has 0 amide bonds. The van der Waals surface area contributed by atoms with Crippen molar-refractivity contribution >= 4 is 5.78 Å².